The maximum Gasteiger partial charge on any atom is 0.457 e. The summed E-state index contributed by atoms with van der Waals surface area (Å²) >= 11 is 0. The largest absolute Gasteiger partial charge is 0.457 e. The number of hydrogen-bond acceptors (Lipinski definition) is 10. The Hall–Kier alpha value is -0.0753. The van der Waals surface area contributed by atoms with E-state index in [1.54, 1.807) is 0 Å². The molecular formula is C20H39B5O10. The fourth-order valence-corrected chi connectivity index (χ4v) is 4.85. The van der Waals surface area contributed by atoms with Gasteiger partial charge in [-0.15, -0.1) is 0 Å². The van der Waals surface area contributed by atoms with Gasteiger partial charge in [-0.2, -0.15) is 0 Å². The SMILES string of the molecule is CCB(OCC1OB(CC)OCC2OB(CC)OC12)OCC1OB(CC)OCC2OB(CC)OC12. The van der Waals surface area contributed by atoms with Crippen LogP contribution < -0.4 is 0 Å². The molecule has 0 aromatic heterocycles. The predicted octanol–water partition coefficient (Wildman–Crippen LogP) is 1.96. The van der Waals surface area contributed by atoms with E-state index in [0.717, 1.165) is 25.3 Å². The third kappa shape index (κ3) is 7.07. The highest BCUT2D eigenvalue weighted by Crippen LogP contribution is 2.29. The van der Waals surface area contributed by atoms with Crippen LogP contribution in [0.4, 0.5) is 0 Å². The summed E-state index contributed by atoms with van der Waals surface area (Å²) in [7, 11) is -1.54. The van der Waals surface area contributed by atoms with Crippen LogP contribution in [0.3, 0.4) is 0 Å². The Morgan fingerprint density at radius 3 is 1.40 bits per heavy atom. The highest BCUT2D eigenvalue weighted by Gasteiger charge is 2.48. The lowest BCUT2D eigenvalue weighted by Gasteiger charge is -2.28. The molecule has 0 spiro atoms. The molecule has 6 atom stereocenters. The molecule has 35 heavy (non-hydrogen) atoms. The van der Waals surface area contributed by atoms with Crippen molar-refractivity contribution in [2.75, 3.05) is 26.4 Å². The second kappa shape index (κ2) is 13.6. The average Bonchev–Trinajstić information content (AvgIpc) is 3.41. The summed E-state index contributed by atoms with van der Waals surface area (Å²) in [4.78, 5) is 0. The molecule has 4 fully saturated rings. The molecule has 0 aromatic rings. The van der Waals surface area contributed by atoms with Gasteiger partial charge in [0.05, 0.1) is 63.1 Å². The van der Waals surface area contributed by atoms with Crippen LogP contribution >= 0.6 is 0 Å². The standard InChI is InChI=1S/C20H39B5O10/c1-6-21(26-11-15-19-17(32-24(9-4)34-19)13-28-22(7-2)30-15)27-12-16-20-18(33-25(10-5)35-20)14-29-23(8-3)31-16/h15-20H,6-14H2,1-5H3. The van der Waals surface area contributed by atoms with E-state index in [0.29, 0.717) is 32.7 Å². The summed E-state index contributed by atoms with van der Waals surface area (Å²) in [5, 5.41) is 0. The van der Waals surface area contributed by atoms with E-state index in [4.69, 9.17) is 46.5 Å². The molecule has 4 aliphatic heterocycles. The zero-order chi connectivity index (χ0) is 24.8. The second-order valence-corrected chi connectivity index (χ2v) is 9.42. The van der Waals surface area contributed by atoms with Crippen LogP contribution in [0.5, 0.6) is 0 Å². The highest BCUT2D eigenvalue weighted by atomic mass is 16.7. The third-order valence-electron chi connectivity index (χ3n) is 6.84. The molecule has 6 unspecified atom stereocenters. The summed E-state index contributed by atoms with van der Waals surface area (Å²) in [6.45, 7) is 11.7. The molecular weight excluding hydrogens is 454 g/mol. The summed E-state index contributed by atoms with van der Waals surface area (Å²) in [6, 6.07) is 0. The van der Waals surface area contributed by atoms with Gasteiger partial charge >= 0.3 is 35.6 Å². The second-order valence-electron chi connectivity index (χ2n) is 9.42. The van der Waals surface area contributed by atoms with Crippen LogP contribution in [0.1, 0.15) is 34.6 Å². The van der Waals surface area contributed by atoms with Crippen molar-refractivity contribution in [2.24, 2.45) is 0 Å². The molecule has 4 aliphatic rings. The molecule has 0 aliphatic carbocycles. The predicted molar refractivity (Wildman–Crippen MR) is 134 cm³/mol. The lowest BCUT2D eigenvalue weighted by molar-refractivity contribution is -0.00653. The Morgan fingerprint density at radius 2 is 1.03 bits per heavy atom. The summed E-state index contributed by atoms with van der Waals surface area (Å²) in [5.41, 5.74) is 0. The zero-order valence-corrected chi connectivity index (χ0v) is 21.8. The Balaban J connectivity index is 1.33. The molecule has 0 aromatic carbocycles. The Kier molecular flexibility index (Phi) is 10.9. The van der Waals surface area contributed by atoms with Gasteiger partial charge in [-0.1, -0.05) is 34.6 Å². The molecule has 0 amide bonds. The molecule has 4 heterocycles. The highest BCUT2D eigenvalue weighted by molar-refractivity contribution is 6.46. The maximum absolute atomic E-state index is 6.20. The molecule has 0 N–H and O–H groups in total. The summed E-state index contributed by atoms with van der Waals surface area (Å²) in [6.07, 6.45) is 2.27. The minimum absolute atomic E-state index is 0.167. The number of fused-ring (bicyclic) bond motifs is 2. The van der Waals surface area contributed by atoms with Crippen molar-refractivity contribution in [2.45, 2.75) is 103 Å². The molecule has 0 bridgehead atoms. The van der Waals surface area contributed by atoms with Crippen LogP contribution in [-0.4, -0.2) is 98.6 Å². The molecule has 10 nitrogen and oxygen atoms in total. The van der Waals surface area contributed by atoms with Gasteiger partial charge < -0.3 is 46.5 Å². The van der Waals surface area contributed by atoms with Gasteiger partial charge in [-0.25, -0.2) is 0 Å². The van der Waals surface area contributed by atoms with Crippen molar-refractivity contribution in [1.82, 2.24) is 0 Å². The van der Waals surface area contributed by atoms with Crippen LogP contribution in [0, 0.1) is 0 Å². The Bertz CT molecular complexity index is 591. The van der Waals surface area contributed by atoms with E-state index in [1.807, 2.05) is 34.6 Å². The van der Waals surface area contributed by atoms with Gasteiger partial charge in [0.15, 0.2) is 0 Å². The topological polar surface area (TPSA) is 92.3 Å². The minimum Gasteiger partial charge on any atom is -0.408 e. The third-order valence-corrected chi connectivity index (χ3v) is 6.84. The van der Waals surface area contributed by atoms with Crippen molar-refractivity contribution >= 4 is 35.6 Å². The van der Waals surface area contributed by atoms with Gasteiger partial charge in [0.25, 0.3) is 0 Å². The summed E-state index contributed by atoms with van der Waals surface area (Å²) in [5.74, 6) is 0. The van der Waals surface area contributed by atoms with E-state index in [2.05, 4.69) is 0 Å². The Labute approximate surface area is 211 Å². The zero-order valence-electron chi connectivity index (χ0n) is 21.8. The first kappa shape index (κ1) is 27.9. The van der Waals surface area contributed by atoms with Gasteiger partial charge in [-0.05, 0) is 31.6 Å². The van der Waals surface area contributed by atoms with Gasteiger partial charge in [0, 0.05) is 0 Å². The lowest BCUT2D eigenvalue weighted by Crippen LogP contribution is -2.44. The maximum atomic E-state index is 6.20. The molecule has 4 saturated heterocycles. The first-order valence-electron chi connectivity index (χ1n) is 13.5. The van der Waals surface area contributed by atoms with Crippen molar-refractivity contribution in [3.05, 3.63) is 0 Å². The number of hydrogen-bond donors (Lipinski definition) is 0. The van der Waals surface area contributed by atoms with Crippen molar-refractivity contribution in [3.63, 3.8) is 0 Å². The molecule has 15 heteroatoms. The molecule has 0 radical (unpaired) electrons. The van der Waals surface area contributed by atoms with Crippen LogP contribution in [0.2, 0.25) is 31.6 Å². The minimum atomic E-state index is -0.429. The first-order valence-corrected chi connectivity index (χ1v) is 13.5. The van der Waals surface area contributed by atoms with E-state index >= 15 is 0 Å². The Morgan fingerprint density at radius 1 is 0.600 bits per heavy atom. The lowest BCUT2D eigenvalue weighted by atomic mass is 9.84. The van der Waals surface area contributed by atoms with Gasteiger partial charge in [0.2, 0.25) is 0 Å². The smallest absolute Gasteiger partial charge is 0.408 e. The van der Waals surface area contributed by atoms with Gasteiger partial charge in [-0.3, -0.25) is 0 Å². The fourth-order valence-electron chi connectivity index (χ4n) is 4.85. The quantitative estimate of drug-likeness (QED) is 0.398. The van der Waals surface area contributed by atoms with E-state index in [-0.39, 0.29) is 65.1 Å². The van der Waals surface area contributed by atoms with Crippen LogP contribution in [-0.2, 0) is 46.5 Å². The van der Waals surface area contributed by atoms with E-state index in [9.17, 15) is 0 Å². The van der Waals surface area contributed by atoms with E-state index < -0.39 is 7.12 Å². The van der Waals surface area contributed by atoms with E-state index in [1.165, 1.54) is 0 Å². The van der Waals surface area contributed by atoms with Crippen molar-refractivity contribution in [1.29, 1.82) is 0 Å². The normalized spacial score (nSPS) is 33.5. The molecule has 194 valence electrons. The van der Waals surface area contributed by atoms with Crippen LogP contribution in [0.25, 0.3) is 0 Å². The van der Waals surface area contributed by atoms with Crippen molar-refractivity contribution < 1.29 is 46.5 Å². The monoisotopic (exact) mass is 494 g/mol. The molecule has 4 rings (SSSR count). The van der Waals surface area contributed by atoms with Crippen LogP contribution in [0.15, 0.2) is 0 Å². The first-order chi connectivity index (χ1) is 17.1. The fraction of sp³-hybridized carbons (Fsp3) is 1.00. The number of rotatable bonds is 11. The average molecular weight is 494 g/mol. The summed E-state index contributed by atoms with van der Waals surface area (Å²) < 4.78 is 60.7. The molecule has 0 saturated carbocycles. The van der Waals surface area contributed by atoms with Gasteiger partial charge in [0.1, 0.15) is 0 Å². The van der Waals surface area contributed by atoms with Crippen molar-refractivity contribution in [3.8, 4) is 0 Å².